The molecule has 0 radical (unpaired) electrons. The third-order valence-corrected chi connectivity index (χ3v) is 3.81. The molecule has 0 aliphatic heterocycles. The summed E-state index contributed by atoms with van der Waals surface area (Å²) in [6.07, 6.45) is 5.79. The van der Waals surface area contributed by atoms with Crippen LogP contribution in [0.25, 0.3) is 0 Å². The van der Waals surface area contributed by atoms with Crippen LogP contribution in [-0.2, 0) is 4.79 Å². The van der Waals surface area contributed by atoms with Crippen LogP contribution in [0.15, 0.2) is 0 Å². The van der Waals surface area contributed by atoms with Crippen LogP contribution in [0, 0.1) is 10.8 Å². The molecule has 18 heavy (non-hydrogen) atoms. The molecule has 1 rings (SSSR count). The Morgan fingerprint density at radius 2 is 1.72 bits per heavy atom. The largest absolute Gasteiger partial charge is 0.481 e. The van der Waals surface area contributed by atoms with Gasteiger partial charge in [0.1, 0.15) is 0 Å². The second-order valence-corrected chi connectivity index (χ2v) is 7.42. The van der Waals surface area contributed by atoms with Crippen LogP contribution < -0.4 is 5.32 Å². The maximum atomic E-state index is 10.4. The van der Waals surface area contributed by atoms with Gasteiger partial charge in [-0.25, -0.2) is 0 Å². The van der Waals surface area contributed by atoms with E-state index in [4.69, 9.17) is 5.11 Å². The molecule has 1 aliphatic rings. The number of carboxylic acids is 1. The lowest BCUT2D eigenvalue weighted by Gasteiger charge is -2.45. The molecule has 0 aromatic rings. The summed E-state index contributed by atoms with van der Waals surface area (Å²) in [5.41, 5.74) is 0.834. The van der Waals surface area contributed by atoms with Crippen LogP contribution in [0.1, 0.15) is 66.2 Å². The minimum absolute atomic E-state index is 0.295. The SMILES string of the molecule is CC1(C)CC(NCCCCC(=O)O)CC(C)(C)C1. The first kappa shape index (κ1) is 15.5. The summed E-state index contributed by atoms with van der Waals surface area (Å²) in [6, 6.07) is 0.591. The lowest BCUT2D eigenvalue weighted by molar-refractivity contribution is -0.137. The van der Waals surface area contributed by atoms with Gasteiger partial charge in [-0.1, -0.05) is 27.7 Å². The zero-order chi connectivity index (χ0) is 13.8. The third kappa shape index (κ3) is 5.85. The van der Waals surface area contributed by atoms with Gasteiger partial charge in [0.25, 0.3) is 0 Å². The molecular formula is C15H29NO2. The van der Waals surface area contributed by atoms with Crippen molar-refractivity contribution in [3.8, 4) is 0 Å². The lowest BCUT2D eigenvalue weighted by Crippen LogP contribution is -2.44. The summed E-state index contributed by atoms with van der Waals surface area (Å²) in [5, 5.41) is 12.2. The molecule has 0 saturated heterocycles. The molecule has 1 fully saturated rings. The number of rotatable bonds is 6. The van der Waals surface area contributed by atoms with E-state index in [-0.39, 0.29) is 0 Å². The van der Waals surface area contributed by atoms with Crippen molar-refractivity contribution in [3.05, 3.63) is 0 Å². The van der Waals surface area contributed by atoms with Crippen LogP contribution in [0.4, 0.5) is 0 Å². The van der Waals surface area contributed by atoms with Crippen molar-refractivity contribution in [1.29, 1.82) is 0 Å². The highest BCUT2D eigenvalue weighted by atomic mass is 16.4. The van der Waals surface area contributed by atoms with Crippen molar-refractivity contribution in [3.63, 3.8) is 0 Å². The maximum Gasteiger partial charge on any atom is 0.303 e. The summed E-state index contributed by atoms with van der Waals surface area (Å²) in [5.74, 6) is -0.685. The van der Waals surface area contributed by atoms with Gasteiger partial charge in [-0.05, 0) is 49.5 Å². The van der Waals surface area contributed by atoms with Gasteiger partial charge in [-0.2, -0.15) is 0 Å². The number of carbonyl (C=O) groups is 1. The fourth-order valence-corrected chi connectivity index (χ4v) is 3.70. The molecule has 0 amide bonds. The van der Waals surface area contributed by atoms with Crippen LogP contribution in [0.2, 0.25) is 0 Å². The first-order chi connectivity index (χ1) is 8.20. The van der Waals surface area contributed by atoms with E-state index in [1.807, 2.05) is 0 Å². The van der Waals surface area contributed by atoms with Crippen LogP contribution in [0.5, 0.6) is 0 Å². The predicted octanol–water partition coefficient (Wildman–Crippen LogP) is 3.44. The second-order valence-electron chi connectivity index (χ2n) is 7.42. The monoisotopic (exact) mass is 255 g/mol. The highest BCUT2D eigenvalue weighted by Crippen LogP contribution is 2.45. The van der Waals surface area contributed by atoms with E-state index in [2.05, 4.69) is 33.0 Å². The quantitative estimate of drug-likeness (QED) is 0.715. The number of aliphatic carboxylic acids is 1. The minimum Gasteiger partial charge on any atom is -0.481 e. The summed E-state index contributed by atoms with van der Waals surface area (Å²) < 4.78 is 0. The Balaban J connectivity index is 2.27. The maximum absolute atomic E-state index is 10.4. The van der Waals surface area contributed by atoms with Gasteiger partial charge in [0.15, 0.2) is 0 Å². The van der Waals surface area contributed by atoms with E-state index in [1.165, 1.54) is 19.3 Å². The molecule has 0 heterocycles. The molecule has 0 unspecified atom stereocenters. The molecule has 1 saturated carbocycles. The van der Waals surface area contributed by atoms with E-state index >= 15 is 0 Å². The number of carboxylic acid groups (broad SMARTS) is 1. The summed E-state index contributed by atoms with van der Waals surface area (Å²) in [6.45, 7) is 10.4. The molecule has 2 N–H and O–H groups in total. The predicted molar refractivity (Wildman–Crippen MR) is 74.7 cm³/mol. The second kappa shape index (κ2) is 6.05. The van der Waals surface area contributed by atoms with Crippen molar-refractivity contribution >= 4 is 5.97 Å². The van der Waals surface area contributed by atoms with Gasteiger partial charge >= 0.3 is 5.97 Å². The van der Waals surface area contributed by atoms with Gasteiger partial charge < -0.3 is 10.4 Å². The molecule has 0 aromatic heterocycles. The minimum atomic E-state index is -0.685. The summed E-state index contributed by atoms with van der Waals surface area (Å²) in [7, 11) is 0. The average molecular weight is 255 g/mol. The Morgan fingerprint density at radius 1 is 1.17 bits per heavy atom. The van der Waals surface area contributed by atoms with E-state index in [0.717, 1.165) is 19.4 Å². The standard InChI is InChI=1S/C15H29NO2/c1-14(2)9-12(10-15(3,4)11-14)16-8-6-5-7-13(17)18/h12,16H,5-11H2,1-4H3,(H,17,18). The van der Waals surface area contributed by atoms with Crippen LogP contribution in [0.3, 0.4) is 0 Å². The van der Waals surface area contributed by atoms with Crippen LogP contribution in [-0.4, -0.2) is 23.7 Å². The summed E-state index contributed by atoms with van der Waals surface area (Å²) in [4.78, 5) is 10.4. The molecule has 0 atom stereocenters. The lowest BCUT2D eigenvalue weighted by atomic mass is 9.63. The number of hydrogen-bond acceptors (Lipinski definition) is 2. The average Bonchev–Trinajstić information content (AvgIpc) is 2.11. The highest BCUT2D eigenvalue weighted by Gasteiger charge is 2.37. The van der Waals surface area contributed by atoms with Gasteiger partial charge in [0.2, 0.25) is 0 Å². The van der Waals surface area contributed by atoms with Crippen LogP contribution >= 0.6 is 0 Å². The zero-order valence-corrected chi connectivity index (χ0v) is 12.4. The van der Waals surface area contributed by atoms with E-state index in [0.29, 0.717) is 23.3 Å². The van der Waals surface area contributed by atoms with Gasteiger partial charge in [-0.15, -0.1) is 0 Å². The highest BCUT2D eigenvalue weighted by molar-refractivity contribution is 5.66. The Labute approximate surface area is 111 Å². The van der Waals surface area contributed by atoms with E-state index in [1.54, 1.807) is 0 Å². The molecule has 106 valence electrons. The van der Waals surface area contributed by atoms with E-state index in [9.17, 15) is 4.79 Å². The Bertz CT molecular complexity index is 268. The Morgan fingerprint density at radius 3 is 2.22 bits per heavy atom. The number of unbranched alkanes of at least 4 members (excludes halogenated alkanes) is 1. The van der Waals surface area contributed by atoms with E-state index < -0.39 is 5.97 Å². The normalized spacial score (nSPS) is 22.9. The third-order valence-electron chi connectivity index (χ3n) is 3.81. The fraction of sp³-hybridized carbons (Fsp3) is 0.933. The molecule has 3 nitrogen and oxygen atoms in total. The van der Waals surface area contributed by atoms with Crippen molar-refractivity contribution in [2.24, 2.45) is 10.8 Å². The first-order valence-corrected chi connectivity index (χ1v) is 7.15. The van der Waals surface area contributed by atoms with Crippen molar-refractivity contribution in [1.82, 2.24) is 5.32 Å². The van der Waals surface area contributed by atoms with Gasteiger partial charge in [0.05, 0.1) is 0 Å². The smallest absolute Gasteiger partial charge is 0.303 e. The molecule has 0 spiro atoms. The molecule has 0 bridgehead atoms. The van der Waals surface area contributed by atoms with Crippen molar-refractivity contribution in [2.45, 2.75) is 72.3 Å². The van der Waals surface area contributed by atoms with Gasteiger partial charge in [0, 0.05) is 12.5 Å². The number of nitrogens with one attached hydrogen (secondary N) is 1. The van der Waals surface area contributed by atoms with Gasteiger partial charge in [-0.3, -0.25) is 4.79 Å². The topological polar surface area (TPSA) is 49.3 Å². The molecular weight excluding hydrogens is 226 g/mol. The summed E-state index contributed by atoms with van der Waals surface area (Å²) >= 11 is 0. The zero-order valence-electron chi connectivity index (χ0n) is 12.4. The molecule has 1 aliphatic carbocycles. The Kier molecular flexibility index (Phi) is 5.20. The molecule has 0 aromatic carbocycles. The van der Waals surface area contributed by atoms with Crippen molar-refractivity contribution < 1.29 is 9.90 Å². The Hall–Kier alpha value is -0.570. The fourth-order valence-electron chi connectivity index (χ4n) is 3.70. The van der Waals surface area contributed by atoms with Crippen molar-refractivity contribution in [2.75, 3.05) is 6.54 Å². The number of hydrogen-bond donors (Lipinski definition) is 2. The molecule has 3 heteroatoms. The first-order valence-electron chi connectivity index (χ1n) is 7.15.